The van der Waals surface area contributed by atoms with E-state index >= 15 is 0 Å². The van der Waals surface area contributed by atoms with Gasteiger partial charge >= 0.3 is 5.97 Å². The molecule has 4 rings (SSSR count). The first-order valence-electron chi connectivity index (χ1n) is 10.4. The number of amides is 1. The number of piperazine rings is 1. The Bertz CT molecular complexity index is 1120. The van der Waals surface area contributed by atoms with Crippen LogP contribution in [0.25, 0.3) is 10.9 Å². The minimum absolute atomic E-state index is 0.151. The fourth-order valence-electron chi connectivity index (χ4n) is 4.01. The summed E-state index contributed by atoms with van der Waals surface area (Å²) in [6, 6.07) is 13.2. The molecular formula is C23H26ClN4O4+. The molecular weight excluding hydrogens is 432 g/mol. The van der Waals surface area contributed by atoms with Gasteiger partial charge in [-0.2, -0.15) is 0 Å². The quantitative estimate of drug-likeness (QED) is 0.492. The van der Waals surface area contributed by atoms with Crippen LogP contribution in [0.15, 0.2) is 42.5 Å². The summed E-state index contributed by atoms with van der Waals surface area (Å²) in [5.41, 5.74) is 2.46. The van der Waals surface area contributed by atoms with E-state index in [1.54, 1.807) is 19.2 Å². The number of aromatic amines is 1. The number of esters is 1. The van der Waals surface area contributed by atoms with E-state index in [-0.39, 0.29) is 11.6 Å². The van der Waals surface area contributed by atoms with E-state index < -0.39 is 5.97 Å². The zero-order valence-corrected chi connectivity index (χ0v) is 18.8. The molecule has 1 aromatic heterocycles. The van der Waals surface area contributed by atoms with Gasteiger partial charge in [0.25, 0.3) is 5.91 Å². The second-order valence-electron chi connectivity index (χ2n) is 7.72. The van der Waals surface area contributed by atoms with Gasteiger partial charge in [0.15, 0.2) is 6.54 Å². The largest absolute Gasteiger partial charge is 0.497 e. The molecule has 8 nitrogen and oxygen atoms in total. The summed E-state index contributed by atoms with van der Waals surface area (Å²) in [4.78, 5) is 31.6. The number of fused-ring (bicyclic) bond motifs is 1. The molecule has 9 heteroatoms. The van der Waals surface area contributed by atoms with Crippen molar-refractivity contribution in [2.24, 2.45) is 0 Å². The van der Waals surface area contributed by atoms with Crippen molar-refractivity contribution in [3.63, 3.8) is 0 Å². The molecule has 2 aromatic carbocycles. The first kappa shape index (κ1) is 22.0. The van der Waals surface area contributed by atoms with E-state index in [1.807, 2.05) is 30.3 Å². The average Bonchev–Trinajstić information content (AvgIpc) is 3.17. The molecule has 0 spiro atoms. The molecule has 3 N–H and O–H groups in total. The van der Waals surface area contributed by atoms with E-state index in [2.05, 4.69) is 15.2 Å². The Morgan fingerprint density at radius 1 is 1.12 bits per heavy atom. The molecule has 1 amide bonds. The van der Waals surface area contributed by atoms with Crippen LogP contribution in [0.1, 0.15) is 10.5 Å². The van der Waals surface area contributed by atoms with E-state index in [0.29, 0.717) is 23.5 Å². The predicted molar refractivity (Wildman–Crippen MR) is 124 cm³/mol. The maximum atomic E-state index is 12.8. The van der Waals surface area contributed by atoms with Crippen molar-refractivity contribution in [1.29, 1.82) is 0 Å². The standard InChI is InChI=1S/C23H25ClN4O4/c1-31-17-7-8-18-19(13-17)25-22(23(30)32-2)21(18)26-20(29)14-27-9-11-28(12-10-27)16-5-3-15(24)4-6-16/h3-8,13,25H,9-12,14H2,1-2H3,(H,26,29)/p+1. The maximum Gasteiger partial charge on any atom is 0.356 e. The van der Waals surface area contributed by atoms with Gasteiger partial charge in [-0.25, -0.2) is 4.79 Å². The Hall–Kier alpha value is -3.23. The number of ether oxygens (including phenoxy) is 2. The lowest BCUT2D eigenvalue weighted by Crippen LogP contribution is -3.15. The Balaban J connectivity index is 1.43. The number of halogens is 1. The van der Waals surface area contributed by atoms with Crippen LogP contribution in [0.3, 0.4) is 0 Å². The van der Waals surface area contributed by atoms with Crippen LogP contribution in [-0.4, -0.2) is 63.8 Å². The molecule has 0 aliphatic carbocycles. The fraction of sp³-hybridized carbons (Fsp3) is 0.304. The van der Waals surface area contributed by atoms with Crippen LogP contribution in [0.5, 0.6) is 5.75 Å². The van der Waals surface area contributed by atoms with Gasteiger partial charge in [0.05, 0.1) is 51.6 Å². The molecule has 0 saturated carbocycles. The lowest BCUT2D eigenvalue weighted by molar-refractivity contribution is -0.892. The van der Waals surface area contributed by atoms with Crippen LogP contribution in [0.2, 0.25) is 5.02 Å². The zero-order valence-electron chi connectivity index (χ0n) is 18.0. The van der Waals surface area contributed by atoms with Gasteiger partial charge in [0, 0.05) is 22.2 Å². The number of hydrogen-bond donors (Lipinski definition) is 3. The van der Waals surface area contributed by atoms with Crippen LogP contribution in [-0.2, 0) is 9.53 Å². The molecule has 0 radical (unpaired) electrons. The van der Waals surface area contributed by atoms with Crippen LogP contribution >= 0.6 is 11.6 Å². The number of rotatable bonds is 6. The van der Waals surface area contributed by atoms with Crippen molar-refractivity contribution in [3.8, 4) is 5.75 Å². The minimum Gasteiger partial charge on any atom is -0.497 e. The van der Waals surface area contributed by atoms with E-state index in [0.717, 1.165) is 42.3 Å². The lowest BCUT2D eigenvalue weighted by Gasteiger charge is -2.33. The zero-order chi connectivity index (χ0) is 22.7. The normalized spacial score (nSPS) is 14.4. The van der Waals surface area contributed by atoms with E-state index in [1.165, 1.54) is 12.0 Å². The number of anilines is 2. The lowest BCUT2D eigenvalue weighted by atomic mass is 10.2. The maximum absolute atomic E-state index is 12.8. The number of H-pyrrole nitrogens is 1. The summed E-state index contributed by atoms with van der Waals surface area (Å²) in [5, 5.41) is 4.37. The van der Waals surface area contributed by atoms with Crippen LogP contribution in [0.4, 0.5) is 11.4 Å². The van der Waals surface area contributed by atoms with Crippen LogP contribution < -0.4 is 19.9 Å². The van der Waals surface area contributed by atoms with Crippen molar-refractivity contribution in [1.82, 2.24) is 4.98 Å². The molecule has 168 valence electrons. The molecule has 0 bridgehead atoms. The summed E-state index contributed by atoms with van der Waals surface area (Å²) in [5.74, 6) is -0.0442. The topological polar surface area (TPSA) is 88.1 Å². The van der Waals surface area contributed by atoms with Crippen LogP contribution in [0, 0.1) is 0 Å². The number of carbonyl (C=O) groups is 2. The number of carbonyl (C=O) groups excluding carboxylic acids is 2. The summed E-state index contributed by atoms with van der Waals surface area (Å²) < 4.78 is 10.1. The van der Waals surface area contributed by atoms with Crippen molar-refractivity contribution >= 4 is 45.8 Å². The minimum atomic E-state index is -0.542. The van der Waals surface area contributed by atoms with Gasteiger partial charge in [-0.15, -0.1) is 0 Å². The summed E-state index contributed by atoms with van der Waals surface area (Å²) >= 11 is 5.98. The number of nitrogens with zero attached hydrogens (tertiary/aromatic N) is 1. The number of hydrogen-bond acceptors (Lipinski definition) is 5. The third kappa shape index (κ3) is 4.66. The highest BCUT2D eigenvalue weighted by molar-refractivity contribution is 6.30. The Morgan fingerprint density at radius 2 is 1.84 bits per heavy atom. The SMILES string of the molecule is COC(=O)c1[nH]c2cc(OC)ccc2c1NC(=O)C[NH+]1CCN(c2ccc(Cl)cc2)CC1. The summed E-state index contributed by atoms with van der Waals surface area (Å²) in [6.07, 6.45) is 0. The van der Waals surface area contributed by atoms with Gasteiger partial charge in [-0.1, -0.05) is 11.6 Å². The van der Waals surface area contributed by atoms with Gasteiger partial charge in [-0.3, -0.25) is 4.79 Å². The molecule has 1 aliphatic rings. The number of benzene rings is 2. The molecule has 3 aromatic rings. The van der Waals surface area contributed by atoms with E-state index in [9.17, 15) is 9.59 Å². The van der Waals surface area contributed by atoms with Gasteiger partial charge in [0.1, 0.15) is 11.4 Å². The number of methoxy groups -OCH3 is 2. The van der Waals surface area contributed by atoms with Crippen molar-refractivity contribution in [2.45, 2.75) is 0 Å². The Kier molecular flexibility index (Phi) is 6.53. The first-order chi connectivity index (χ1) is 15.5. The molecule has 1 fully saturated rings. The summed E-state index contributed by atoms with van der Waals surface area (Å²) in [7, 11) is 2.88. The number of quaternary nitrogens is 1. The highest BCUT2D eigenvalue weighted by atomic mass is 35.5. The fourth-order valence-corrected chi connectivity index (χ4v) is 4.14. The molecule has 32 heavy (non-hydrogen) atoms. The predicted octanol–water partition coefficient (Wildman–Crippen LogP) is 1.96. The Morgan fingerprint density at radius 3 is 2.50 bits per heavy atom. The van der Waals surface area contributed by atoms with Crippen molar-refractivity contribution in [3.05, 3.63) is 53.2 Å². The molecule has 1 saturated heterocycles. The number of nitrogens with one attached hydrogen (secondary N) is 3. The third-order valence-corrected chi connectivity index (χ3v) is 5.98. The Labute approximate surface area is 191 Å². The number of aromatic nitrogens is 1. The summed E-state index contributed by atoms with van der Waals surface area (Å²) in [6.45, 7) is 3.70. The van der Waals surface area contributed by atoms with Gasteiger partial charge < -0.3 is 29.6 Å². The molecule has 2 heterocycles. The second kappa shape index (κ2) is 9.50. The highest BCUT2D eigenvalue weighted by Gasteiger charge is 2.25. The second-order valence-corrected chi connectivity index (χ2v) is 8.15. The molecule has 0 unspecified atom stereocenters. The smallest absolute Gasteiger partial charge is 0.356 e. The first-order valence-corrected chi connectivity index (χ1v) is 10.8. The van der Waals surface area contributed by atoms with Crippen molar-refractivity contribution in [2.75, 3.05) is 57.2 Å². The van der Waals surface area contributed by atoms with Gasteiger partial charge in [-0.05, 0) is 36.4 Å². The highest BCUT2D eigenvalue weighted by Crippen LogP contribution is 2.31. The monoisotopic (exact) mass is 457 g/mol. The third-order valence-electron chi connectivity index (χ3n) is 5.73. The van der Waals surface area contributed by atoms with E-state index in [4.69, 9.17) is 21.1 Å². The van der Waals surface area contributed by atoms with Crippen molar-refractivity contribution < 1.29 is 24.0 Å². The van der Waals surface area contributed by atoms with Gasteiger partial charge in [0.2, 0.25) is 0 Å². The average molecular weight is 458 g/mol. The molecule has 0 atom stereocenters. The molecule has 1 aliphatic heterocycles.